The first-order chi connectivity index (χ1) is 12.6. The minimum absolute atomic E-state index is 0.0434. The van der Waals surface area contributed by atoms with Crippen molar-refractivity contribution in [1.82, 2.24) is 9.97 Å². The fraction of sp³-hybridized carbons (Fsp3) is 0.150. The van der Waals surface area contributed by atoms with Crippen molar-refractivity contribution in [1.29, 1.82) is 0 Å². The molecular weight excluding hydrogens is 362 g/mol. The smallest absolute Gasteiger partial charge is 0.270 e. The number of thiophene rings is 1. The maximum absolute atomic E-state index is 13.1. The highest BCUT2D eigenvalue weighted by atomic mass is 32.1. The number of anilines is 1. The summed E-state index contributed by atoms with van der Waals surface area (Å²) in [7, 11) is 0. The zero-order chi connectivity index (χ0) is 18.1. The Balaban J connectivity index is 1.78. The van der Waals surface area contributed by atoms with Crippen LogP contribution in [-0.2, 0) is 6.54 Å². The molecule has 130 valence electrons. The Labute approximate surface area is 159 Å². The number of rotatable bonds is 4. The van der Waals surface area contributed by atoms with E-state index < -0.39 is 0 Å². The second kappa shape index (κ2) is 6.97. The first kappa shape index (κ1) is 16.9. The van der Waals surface area contributed by atoms with Crippen LogP contribution in [0.4, 0.5) is 5.13 Å². The van der Waals surface area contributed by atoms with Crippen LogP contribution in [0.3, 0.4) is 0 Å². The molecule has 4 nitrogen and oxygen atoms in total. The van der Waals surface area contributed by atoms with Crippen molar-refractivity contribution in [2.24, 2.45) is 0 Å². The third-order valence-corrected chi connectivity index (χ3v) is 6.15. The molecule has 0 spiro atoms. The third kappa shape index (κ3) is 3.25. The van der Waals surface area contributed by atoms with Gasteiger partial charge in [0.15, 0.2) is 5.13 Å². The van der Waals surface area contributed by atoms with Gasteiger partial charge in [0.05, 0.1) is 27.3 Å². The Morgan fingerprint density at radius 1 is 1.12 bits per heavy atom. The van der Waals surface area contributed by atoms with E-state index in [9.17, 15) is 4.79 Å². The van der Waals surface area contributed by atoms with Gasteiger partial charge in [-0.15, -0.1) is 11.3 Å². The van der Waals surface area contributed by atoms with Crippen LogP contribution in [0.2, 0.25) is 0 Å². The zero-order valence-electron chi connectivity index (χ0n) is 14.5. The van der Waals surface area contributed by atoms with Crippen LogP contribution < -0.4 is 4.90 Å². The van der Waals surface area contributed by atoms with Gasteiger partial charge in [0.2, 0.25) is 0 Å². The van der Waals surface area contributed by atoms with Gasteiger partial charge in [0, 0.05) is 6.20 Å². The summed E-state index contributed by atoms with van der Waals surface area (Å²) in [5.41, 5.74) is 4.20. The number of carbonyl (C=O) groups is 1. The van der Waals surface area contributed by atoms with Gasteiger partial charge in [-0.3, -0.25) is 14.7 Å². The Hall–Kier alpha value is -2.57. The van der Waals surface area contributed by atoms with E-state index in [4.69, 9.17) is 4.98 Å². The van der Waals surface area contributed by atoms with Gasteiger partial charge in [-0.1, -0.05) is 23.5 Å². The van der Waals surface area contributed by atoms with E-state index in [-0.39, 0.29) is 5.91 Å². The van der Waals surface area contributed by atoms with Crippen molar-refractivity contribution in [3.05, 3.63) is 75.7 Å². The highest BCUT2D eigenvalue weighted by molar-refractivity contribution is 7.22. The summed E-state index contributed by atoms with van der Waals surface area (Å²) in [6.45, 7) is 4.57. The molecule has 6 heteroatoms. The number of hydrogen-bond donors (Lipinski definition) is 0. The molecule has 0 N–H and O–H groups in total. The highest BCUT2D eigenvalue weighted by Gasteiger charge is 2.23. The Kier molecular flexibility index (Phi) is 4.53. The van der Waals surface area contributed by atoms with Crippen LogP contribution in [-0.4, -0.2) is 15.9 Å². The number of fused-ring (bicyclic) bond motifs is 1. The Morgan fingerprint density at radius 2 is 1.96 bits per heavy atom. The van der Waals surface area contributed by atoms with Crippen LogP contribution in [0.1, 0.15) is 26.5 Å². The molecule has 0 saturated carbocycles. The van der Waals surface area contributed by atoms with E-state index in [1.165, 1.54) is 22.5 Å². The number of carbonyl (C=O) groups excluding carboxylic acids is 1. The predicted octanol–water partition coefficient (Wildman–Crippen LogP) is 5.22. The second-order valence-corrected chi connectivity index (χ2v) is 8.05. The molecule has 3 heterocycles. The van der Waals surface area contributed by atoms with Gasteiger partial charge >= 0.3 is 0 Å². The van der Waals surface area contributed by atoms with Gasteiger partial charge in [-0.05, 0) is 60.7 Å². The number of thiazole rings is 1. The summed E-state index contributed by atoms with van der Waals surface area (Å²) in [5.74, 6) is -0.0434. The van der Waals surface area contributed by atoms with Gasteiger partial charge in [-0.2, -0.15) is 0 Å². The topological polar surface area (TPSA) is 46.1 Å². The molecule has 0 bridgehead atoms. The molecule has 0 saturated heterocycles. The molecular formula is C20H17N3OS2. The molecule has 0 aliphatic heterocycles. The highest BCUT2D eigenvalue weighted by Crippen LogP contribution is 2.32. The summed E-state index contributed by atoms with van der Waals surface area (Å²) >= 11 is 2.99. The third-order valence-electron chi connectivity index (χ3n) is 4.25. The number of hydrogen-bond acceptors (Lipinski definition) is 5. The van der Waals surface area contributed by atoms with Gasteiger partial charge in [-0.25, -0.2) is 4.98 Å². The fourth-order valence-corrected chi connectivity index (χ4v) is 4.41. The van der Waals surface area contributed by atoms with Crippen molar-refractivity contribution >= 4 is 43.9 Å². The molecule has 0 radical (unpaired) electrons. The first-order valence-electron chi connectivity index (χ1n) is 8.25. The molecule has 0 fully saturated rings. The molecule has 4 aromatic rings. The molecule has 1 aromatic carbocycles. The lowest BCUT2D eigenvalue weighted by atomic mass is 10.1. The number of pyridine rings is 1. The van der Waals surface area contributed by atoms with Crippen molar-refractivity contribution in [2.45, 2.75) is 20.4 Å². The van der Waals surface area contributed by atoms with Crippen molar-refractivity contribution in [3.63, 3.8) is 0 Å². The maximum atomic E-state index is 13.1. The van der Waals surface area contributed by atoms with Crippen LogP contribution in [0.5, 0.6) is 0 Å². The lowest BCUT2D eigenvalue weighted by Crippen LogP contribution is -2.30. The maximum Gasteiger partial charge on any atom is 0.270 e. The number of aromatic nitrogens is 2. The predicted molar refractivity (Wildman–Crippen MR) is 108 cm³/mol. The standard InChI is InChI=1S/C20H17N3OS2/c1-13-10-16-18(11-14(13)2)26-20(22-16)23(12-15-6-3-4-8-21-15)19(24)17-7-5-9-25-17/h3-11H,12H2,1-2H3. The van der Waals surface area contributed by atoms with Gasteiger partial charge < -0.3 is 0 Å². The van der Waals surface area contributed by atoms with Crippen LogP contribution >= 0.6 is 22.7 Å². The summed E-state index contributed by atoms with van der Waals surface area (Å²) in [5, 5.41) is 2.62. The largest absolute Gasteiger partial charge is 0.277 e. The van der Waals surface area contributed by atoms with E-state index >= 15 is 0 Å². The van der Waals surface area contributed by atoms with Crippen molar-refractivity contribution in [2.75, 3.05) is 4.90 Å². The molecule has 26 heavy (non-hydrogen) atoms. The van der Waals surface area contributed by atoms with E-state index in [1.807, 2.05) is 35.7 Å². The fourth-order valence-electron chi connectivity index (χ4n) is 2.70. The lowest BCUT2D eigenvalue weighted by Gasteiger charge is -2.18. The monoisotopic (exact) mass is 379 g/mol. The molecule has 0 aliphatic rings. The summed E-state index contributed by atoms with van der Waals surface area (Å²) in [6.07, 6.45) is 1.74. The second-order valence-electron chi connectivity index (χ2n) is 6.09. The van der Waals surface area contributed by atoms with E-state index in [2.05, 4.69) is 31.0 Å². The minimum Gasteiger partial charge on any atom is -0.277 e. The minimum atomic E-state index is -0.0434. The lowest BCUT2D eigenvalue weighted by molar-refractivity contribution is 0.0988. The Bertz CT molecular complexity index is 1020. The van der Waals surface area contributed by atoms with Gasteiger partial charge in [0.25, 0.3) is 5.91 Å². The number of nitrogens with zero attached hydrogens (tertiary/aromatic N) is 3. The Morgan fingerprint density at radius 3 is 2.69 bits per heavy atom. The summed E-state index contributed by atoms with van der Waals surface area (Å²) in [4.78, 5) is 24.6. The van der Waals surface area contributed by atoms with E-state index in [0.29, 0.717) is 16.6 Å². The normalized spacial score (nSPS) is 11.0. The quantitative estimate of drug-likeness (QED) is 0.488. The van der Waals surface area contributed by atoms with Crippen molar-refractivity contribution < 1.29 is 4.79 Å². The van der Waals surface area contributed by atoms with Crippen molar-refractivity contribution in [3.8, 4) is 0 Å². The van der Waals surface area contributed by atoms with E-state index in [0.717, 1.165) is 15.9 Å². The average Bonchev–Trinajstić information content (AvgIpc) is 3.30. The molecule has 0 atom stereocenters. The first-order valence-corrected chi connectivity index (χ1v) is 9.94. The molecule has 4 rings (SSSR count). The van der Waals surface area contributed by atoms with Gasteiger partial charge in [0.1, 0.15) is 0 Å². The number of amides is 1. The van der Waals surface area contributed by atoms with E-state index in [1.54, 1.807) is 22.4 Å². The molecule has 3 aromatic heterocycles. The number of benzene rings is 1. The molecule has 0 aliphatic carbocycles. The summed E-state index contributed by atoms with van der Waals surface area (Å²) in [6, 6.07) is 13.7. The van der Waals surface area contributed by atoms with Crippen LogP contribution in [0.25, 0.3) is 10.2 Å². The SMILES string of the molecule is Cc1cc2nc(N(Cc3ccccn3)C(=O)c3cccs3)sc2cc1C. The number of aryl methyl sites for hydroxylation is 2. The average molecular weight is 380 g/mol. The van der Waals surface area contributed by atoms with Crippen LogP contribution in [0, 0.1) is 13.8 Å². The summed E-state index contributed by atoms with van der Waals surface area (Å²) < 4.78 is 1.09. The zero-order valence-corrected chi connectivity index (χ0v) is 16.1. The molecule has 1 amide bonds. The van der Waals surface area contributed by atoms with Crippen LogP contribution in [0.15, 0.2) is 54.0 Å². The molecule has 0 unspecified atom stereocenters.